The van der Waals surface area contributed by atoms with Crippen molar-refractivity contribution in [2.75, 3.05) is 0 Å². The van der Waals surface area contributed by atoms with Gasteiger partial charge in [-0.2, -0.15) is 0 Å². The van der Waals surface area contributed by atoms with Crippen LogP contribution in [-0.2, 0) is 5.41 Å². The number of benzene rings is 4. The van der Waals surface area contributed by atoms with Crippen LogP contribution in [0.2, 0.25) is 0 Å². The summed E-state index contributed by atoms with van der Waals surface area (Å²) in [6.45, 7) is 5.15. The fourth-order valence-electron chi connectivity index (χ4n) is 6.30. The van der Waals surface area contributed by atoms with Crippen molar-refractivity contribution in [3.8, 4) is 0 Å². The number of thioether (sulfide) groups is 1. The number of para-hydroxylation sites is 1. The van der Waals surface area contributed by atoms with E-state index in [0.717, 1.165) is 5.52 Å². The summed E-state index contributed by atoms with van der Waals surface area (Å²) in [5, 5.41) is 4.28. The highest BCUT2D eigenvalue weighted by atomic mass is 32.2. The lowest BCUT2D eigenvalue weighted by Crippen LogP contribution is -2.61. The molecule has 2 aliphatic rings. The van der Waals surface area contributed by atoms with Gasteiger partial charge in [0.05, 0.1) is 5.52 Å². The van der Waals surface area contributed by atoms with E-state index >= 15 is 0 Å². The molecule has 33 heavy (non-hydrogen) atoms. The molecule has 1 nitrogen and oxygen atoms in total. The molecule has 0 aliphatic carbocycles. The summed E-state index contributed by atoms with van der Waals surface area (Å²) >= 11 is 2.06. The van der Waals surface area contributed by atoms with Crippen LogP contribution < -0.4 is 11.1 Å². The van der Waals surface area contributed by atoms with Crippen LogP contribution in [0, 0.1) is 0 Å². The Morgan fingerprint density at radius 3 is 2.30 bits per heavy atom. The third-order valence-electron chi connectivity index (χ3n) is 7.84. The van der Waals surface area contributed by atoms with Crippen LogP contribution in [-0.4, -0.2) is 16.8 Å². The highest BCUT2D eigenvalue weighted by Gasteiger charge is 2.54. The van der Waals surface area contributed by atoms with Crippen LogP contribution >= 0.6 is 11.8 Å². The molecule has 0 saturated heterocycles. The van der Waals surface area contributed by atoms with Gasteiger partial charge in [-0.3, -0.25) is 4.98 Å². The molecule has 4 aromatic carbocycles. The molecule has 0 saturated carbocycles. The van der Waals surface area contributed by atoms with E-state index in [4.69, 9.17) is 4.98 Å². The topological polar surface area (TPSA) is 12.9 Å². The summed E-state index contributed by atoms with van der Waals surface area (Å²) in [7, 11) is 0. The smallest absolute Gasteiger partial charge is 0.247 e. The number of hydrogen-bond acceptors (Lipinski definition) is 2. The Bertz CT molecular complexity index is 1560. The van der Waals surface area contributed by atoms with Gasteiger partial charge in [-0.1, -0.05) is 98.2 Å². The summed E-state index contributed by atoms with van der Waals surface area (Å²) in [4.78, 5) is 6.67. The molecule has 5 aromatic rings. The van der Waals surface area contributed by atoms with Gasteiger partial charge in [0.2, 0.25) is 6.71 Å². The van der Waals surface area contributed by atoms with Gasteiger partial charge >= 0.3 is 0 Å². The molecule has 0 bridgehead atoms. The number of fused-ring (bicyclic) bond motifs is 6. The molecule has 3 heteroatoms. The summed E-state index contributed by atoms with van der Waals surface area (Å²) in [6.07, 6.45) is 0. The second-order valence-electron chi connectivity index (χ2n) is 10.0. The number of pyridine rings is 1. The Balaban J connectivity index is 1.53. The van der Waals surface area contributed by atoms with E-state index in [0.29, 0.717) is 11.1 Å². The SMILES string of the molecule is CC1(C)c2cc3ccccc3cc2B(c2ccc3ccccc3n2)C2Sc3ccccc3C21. The van der Waals surface area contributed by atoms with Crippen molar-refractivity contribution in [1.82, 2.24) is 4.98 Å². The number of aromatic nitrogens is 1. The van der Waals surface area contributed by atoms with Gasteiger partial charge in [-0.25, -0.2) is 0 Å². The highest BCUT2D eigenvalue weighted by Crippen LogP contribution is 2.56. The minimum atomic E-state index is 0.0387. The van der Waals surface area contributed by atoms with Gasteiger partial charge in [0.25, 0.3) is 0 Å². The minimum Gasteiger partial charge on any atom is -0.262 e. The van der Waals surface area contributed by atoms with E-state index in [1.165, 1.54) is 43.2 Å². The van der Waals surface area contributed by atoms with Crippen LogP contribution in [0.15, 0.2) is 102 Å². The zero-order valence-electron chi connectivity index (χ0n) is 18.8. The van der Waals surface area contributed by atoms with Crippen LogP contribution in [0.3, 0.4) is 0 Å². The first-order valence-electron chi connectivity index (χ1n) is 11.8. The van der Waals surface area contributed by atoms with Crippen molar-refractivity contribution < 1.29 is 0 Å². The zero-order chi connectivity index (χ0) is 22.2. The summed E-state index contributed by atoms with van der Waals surface area (Å²) in [5.74, 6) is 0.450. The van der Waals surface area contributed by atoms with Crippen molar-refractivity contribution in [3.05, 3.63) is 108 Å². The molecule has 0 radical (unpaired) electrons. The van der Waals surface area contributed by atoms with Crippen molar-refractivity contribution in [3.63, 3.8) is 0 Å². The molecule has 3 heterocycles. The monoisotopic (exact) mass is 441 g/mol. The molecule has 2 aliphatic heterocycles. The molecule has 0 amide bonds. The van der Waals surface area contributed by atoms with E-state index in [1.54, 1.807) is 0 Å². The average molecular weight is 441 g/mol. The third kappa shape index (κ3) is 2.78. The van der Waals surface area contributed by atoms with E-state index in [9.17, 15) is 0 Å². The molecule has 158 valence electrons. The predicted molar refractivity (Wildman–Crippen MR) is 143 cm³/mol. The van der Waals surface area contributed by atoms with Crippen molar-refractivity contribution in [1.29, 1.82) is 0 Å². The molecule has 2 unspecified atom stereocenters. The number of rotatable bonds is 1. The highest BCUT2D eigenvalue weighted by molar-refractivity contribution is 8.02. The molecule has 0 fully saturated rings. The number of hydrogen-bond donors (Lipinski definition) is 0. The first-order valence-corrected chi connectivity index (χ1v) is 12.6. The maximum atomic E-state index is 5.24. The van der Waals surface area contributed by atoms with Gasteiger partial charge in [0.15, 0.2) is 0 Å². The van der Waals surface area contributed by atoms with Crippen molar-refractivity contribution in [2.45, 2.75) is 35.2 Å². The first kappa shape index (κ1) is 19.4. The van der Waals surface area contributed by atoms with E-state index in [-0.39, 0.29) is 12.1 Å². The summed E-state index contributed by atoms with van der Waals surface area (Å²) in [5.41, 5.74) is 6.73. The van der Waals surface area contributed by atoms with Crippen LogP contribution in [0.4, 0.5) is 0 Å². The van der Waals surface area contributed by atoms with Gasteiger partial charge in [0, 0.05) is 26.9 Å². The van der Waals surface area contributed by atoms with Crippen LogP contribution in [0.1, 0.15) is 30.9 Å². The summed E-state index contributed by atoms with van der Waals surface area (Å²) < 4.78 is 0. The lowest BCUT2D eigenvalue weighted by Gasteiger charge is -2.45. The van der Waals surface area contributed by atoms with Crippen LogP contribution in [0.25, 0.3) is 21.7 Å². The van der Waals surface area contributed by atoms with Gasteiger partial charge in [-0.05, 0) is 45.5 Å². The van der Waals surface area contributed by atoms with Gasteiger partial charge < -0.3 is 0 Å². The predicted octanol–water partition coefficient (Wildman–Crippen LogP) is 6.09. The normalized spacial score (nSPS) is 20.5. The molecule has 0 spiro atoms. The van der Waals surface area contributed by atoms with Gasteiger partial charge in [-0.15, -0.1) is 11.8 Å². The Labute approximate surface area is 199 Å². The summed E-state index contributed by atoms with van der Waals surface area (Å²) in [6, 6.07) is 35.7. The van der Waals surface area contributed by atoms with Crippen LogP contribution in [0.5, 0.6) is 0 Å². The molecular formula is C30H24BNS. The van der Waals surface area contributed by atoms with Crippen molar-refractivity contribution in [2.24, 2.45) is 0 Å². The van der Waals surface area contributed by atoms with Crippen molar-refractivity contribution >= 4 is 51.2 Å². The van der Waals surface area contributed by atoms with E-state index in [1.807, 2.05) is 0 Å². The largest absolute Gasteiger partial charge is 0.262 e. The second-order valence-corrected chi connectivity index (χ2v) is 11.2. The Kier molecular flexibility index (Phi) is 4.11. The van der Waals surface area contributed by atoms with E-state index in [2.05, 4.69) is 123 Å². The number of nitrogens with zero attached hydrogens (tertiary/aromatic N) is 1. The quantitative estimate of drug-likeness (QED) is 0.292. The lowest BCUT2D eigenvalue weighted by atomic mass is 9.31. The average Bonchev–Trinajstić information content (AvgIpc) is 3.23. The maximum absolute atomic E-state index is 5.24. The standard InChI is InChI=1S/C30H24BNS/c1-30(2)23-17-20-10-3-4-11-21(20)18-24(23)31(27-16-15-19-9-5-7-13-25(19)32-27)29-28(30)22-12-6-8-14-26(22)33-29/h3-18,28-29H,1-2H3. The Morgan fingerprint density at radius 1 is 0.758 bits per heavy atom. The minimum absolute atomic E-state index is 0.0387. The molecular weight excluding hydrogens is 417 g/mol. The fourth-order valence-corrected chi connectivity index (χ4v) is 8.12. The first-order chi connectivity index (χ1) is 16.1. The molecule has 7 rings (SSSR count). The maximum Gasteiger partial charge on any atom is 0.247 e. The Hall–Kier alpha value is -3.04. The van der Waals surface area contributed by atoms with Gasteiger partial charge in [0.1, 0.15) is 0 Å². The third-order valence-corrected chi connectivity index (χ3v) is 9.28. The lowest BCUT2D eigenvalue weighted by molar-refractivity contribution is 0.426. The second kappa shape index (κ2) is 6.98. The molecule has 0 N–H and O–H groups in total. The van der Waals surface area contributed by atoms with E-state index < -0.39 is 0 Å². The molecule has 2 atom stereocenters. The Morgan fingerprint density at radius 2 is 1.45 bits per heavy atom. The molecule has 1 aromatic heterocycles. The zero-order valence-corrected chi connectivity index (χ0v) is 19.6. The fraction of sp³-hybridized carbons (Fsp3) is 0.167.